The van der Waals surface area contributed by atoms with Crippen molar-refractivity contribution in [1.29, 1.82) is 0 Å². The van der Waals surface area contributed by atoms with Crippen LogP contribution in [0.2, 0.25) is 0 Å². The molecule has 0 radical (unpaired) electrons. The van der Waals surface area contributed by atoms with E-state index in [1.807, 2.05) is 48.9 Å². The Morgan fingerprint density at radius 1 is 0.853 bits per heavy atom. The van der Waals surface area contributed by atoms with E-state index in [-0.39, 0.29) is 11.9 Å². The Morgan fingerprint density at radius 3 is 2.24 bits per heavy atom. The number of hydrogen-bond donors (Lipinski definition) is 3. The van der Waals surface area contributed by atoms with E-state index in [0.717, 1.165) is 22.5 Å². The maximum atomic E-state index is 12.7. The van der Waals surface area contributed by atoms with Crippen LogP contribution in [-0.4, -0.2) is 26.7 Å². The molecule has 0 saturated heterocycles. The van der Waals surface area contributed by atoms with Gasteiger partial charge in [-0.1, -0.05) is 18.2 Å². The van der Waals surface area contributed by atoms with Crippen LogP contribution in [-0.2, 0) is 13.1 Å². The van der Waals surface area contributed by atoms with Gasteiger partial charge in [0.2, 0.25) is 0 Å². The van der Waals surface area contributed by atoms with Gasteiger partial charge in [0.1, 0.15) is 0 Å². The lowest BCUT2D eigenvalue weighted by Gasteiger charge is -2.10. The molecule has 172 valence electrons. The van der Waals surface area contributed by atoms with Crippen molar-refractivity contribution >= 4 is 23.3 Å². The predicted octanol–water partition coefficient (Wildman–Crippen LogP) is 4.52. The van der Waals surface area contributed by atoms with Crippen LogP contribution in [0.5, 0.6) is 0 Å². The number of amides is 3. The van der Waals surface area contributed by atoms with Gasteiger partial charge in [0.25, 0.3) is 5.91 Å². The van der Waals surface area contributed by atoms with Crippen LogP contribution >= 0.6 is 0 Å². The van der Waals surface area contributed by atoms with Gasteiger partial charge in [-0.2, -0.15) is 5.10 Å². The third-order valence-corrected chi connectivity index (χ3v) is 5.23. The Labute approximate surface area is 198 Å². The molecule has 3 N–H and O–H groups in total. The van der Waals surface area contributed by atoms with Crippen molar-refractivity contribution in [3.63, 3.8) is 0 Å². The summed E-state index contributed by atoms with van der Waals surface area (Å²) >= 11 is 0. The fourth-order valence-electron chi connectivity index (χ4n) is 3.51. The number of urea groups is 1. The number of aryl methyl sites for hydroxylation is 2. The van der Waals surface area contributed by atoms with Crippen LogP contribution < -0.4 is 16.0 Å². The smallest absolute Gasteiger partial charge is 0.319 e. The van der Waals surface area contributed by atoms with Crippen LogP contribution in [0.1, 0.15) is 32.9 Å². The standard InChI is InChI=1S/C26H26N6O2/c1-18-14-19(2)32(31-18)17-21-6-8-22(9-7-21)25(33)29-23-4-3-5-24(15-23)30-26(34)28-16-20-10-12-27-13-11-20/h3-15H,16-17H2,1-2H3,(H,29,33)(H2,28,30,34). The van der Waals surface area contributed by atoms with Crippen LogP contribution in [0.25, 0.3) is 0 Å². The second-order valence-corrected chi connectivity index (χ2v) is 7.98. The number of nitrogens with zero attached hydrogens (tertiary/aromatic N) is 3. The van der Waals surface area contributed by atoms with Crippen molar-refractivity contribution in [2.45, 2.75) is 26.9 Å². The van der Waals surface area contributed by atoms with E-state index in [4.69, 9.17) is 0 Å². The molecule has 0 aliphatic carbocycles. The van der Waals surface area contributed by atoms with Crippen LogP contribution in [0.3, 0.4) is 0 Å². The van der Waals surface area contributed by atoms with E-state index in [2.05, 4.69) is 26.0 Å². The molecule has 0 saturated carbocycles. The number of carbonyl (C=O) groups is 2. The maximum absolute atomic E-state index is 12.7. The summed E-state index contributed by atoms with van der Waals surface area (Å²) in [6.07, 6.45) is 3.35. The van der Waals surface area contributed by atoms with Gasteiger partial charge in [-0.05, 0) is 73.5 Å². The summed E-state index contributed by atoms with van der Waals surface area (Å²) in [6, 6.07) is 19.8. The Kier molecular flexibility index (Phi) is 6.98. The highest BCUT2D eigenvalue weighted by atomic mass is 16.2. The first-order valence-electron chi connectivity index (χ1n) is 10.9. The highest BCUT2D eigenvalue weighted by Gasteiger charge is 2.09. The molecule has 8 heteroatoms. The minimum atomic E-state index is -0.335. The molecule has 0 aliphatic heterocycles. The van der Waals surface area contributed by atoms with E-state index in [1.165, 1.54) is 0 Å². The van der Waals surface area contributed by atoms with Gasteiger partial charge in [0, 0.05) is 41.6 Å². The van der Waals surface area contributed by atoms with Crippen molar-refractivity contribution in [2.24, 2.45) is 0 Å². The highest BCUT2D eigenvalue weighted by molar-refractivity contribution is 6.04. The van der Waals surface area contributed by atoms with Crippen LogP contribution in [0.15, 0.2) is 79.1 Å². The molecular weight excluding hydrogens is 428 g/mol. The van der Waals surface area contributed by atoms with E-state index in [9.17, 15) is 9.59 Å². The highest BCUT2D eigenvalue weighted by Crippen LogP contribution is 2.17. The van der Waals surface area contributed by atoms with Crippen molar-refractivity contribution in [2.75, 3.05) is 10.6 Å². The molecule has 2 heterocycles. The average Bonchev–Trinajstić information content (AvgIpc) is 3.15. The summed E-state index contributed by atoms with van der Waals surface area (Å²) in [5.41, 5.74) is 5.80. The number of hydrogen-bond acceptors (Lipinski definition) is 4. The second-order valence-electron chi connectivity index (χ2n) is 7.98. The number of nitrogens with one attached hydrogen (secondary N) is 3. The Bertz CT molecular complexity index is 1280. The van der Waals surface area contributed by atoms with E-state index < -0.39 is 0 Å². The van der Waals surface area contributed by atoms with Crippen molar-refractivity contribution in [1.82, 2.24) is 20.1 Å². The Morgan fingerprint density at radius 2 is 1.56 bits per heavy atom. The number of anilines is 2. The Hall–Kier alpha value is -4.46. The summed E-state index contributed by atoms with van der Waals surface area (Å²) < 4.78 is 1.94. The third-order valence-electron chi connectivity index (χ3n) is 5.23. The monoisotopic (exact) mass is 454 g/mol. The van der Waals surface area contributed by atoms with Gasteiger partial charge >= 0.3 is 6.03 Å². The molecule has 0 fully saturated rings. The largest absolute Gasteiger partial charge is 0.334 e. The molecule has 0 bridgehead atoms. The maximum Gasteiger partial charge on any atom is 0.319 e. The zero-order valence-corrected chi connectivity index (χ0v) is 19.1. The van der Waals surface area contributed by atoms with E-state index >= 15 is 0 Å². The average molecular weight is 455 g/mol. The molecule has 8 nitrogen and oxygen atoms in total. The summed E-state index contributed by atoms with van der Waals surface area (Å²) in [6.45, 7) is 5.03. The van der Waals surface area contributed by atoms with Gasteiger partial charge in [-0.3, -0.25) is 14.5 Å². The summed E-state index contributed by atoms with van der Waals surface area (Å²) in [5.74, 6) is -0.225. The molecule has 3 amide bonds. The fourth-order valence-corrected chi connectivity index (χ4v) is 3.51. The van der Waals surface area contributed by atoms with Gasteiger partial charge in [-0.25, -0.2) is 4.79 Å². The van der Waals surface area contributed by atoms with E-state index in [1.54, 1.807) is 48.8 Å². The lowest BCUT2D eigenvalue weighted by Crippen LogP contribution is -2.28. The summed E-state index contributed by atoms with van der Waals surface area (Å²) in [4.78, 5) is 28.8. The van der Waals surface area contributed by atoms with Crippen molar-refractivity contribution in [3.05, 3.63) is 107 Å². The molecule has 2 aromatic carbocycles. The molecule has 0 unspecified atom stereocenters. The molecule has 4 rings (SSSR count). The first-order valence-corrected chi connectivity index (χ1v) is 10.9. The molecule has 2 aromatic heterocycles. The van der Waals surface area contributed by atoms with Gasteiger partial charge in [-0.15, -0.1) is 0 Å². The zero-order chi connectivity index (χ0) is 23.9. The summed E-state index contributed by atoms with van der Waals surface area (Å²) in [5, 5.41) is 12.9. The van der Waals surface area contributed by atoms with Crippen LogP contribution in [0, 0.1) is 13.8 Å². The minimum Gasteiger partial charge on any atom is -0.334 e. The molecule has 0 spiro atoms. The molecule has 0 aliphatic rings. The first kappa shape index (κ1) is 22.7. The van der Waals surface area contributed by atoms with Crippen LogP contribution in [0.4, 0.5) is 16.2 Å². The summed E-state index contributed by atoms with van der Waals surface area (Å²) in [7, 11) is 0. The van der Waals surface area contributed by atoms with Crippen molar-refractivity contribution in [3.8, 4) is 0 Å². The lowest BCUT2D eigenvalue weighted by molar-refractivity contribution is 0.102. The number of rotatable bonds is 7. The van der Waals surface area contributed by atoms with E-state index in [0.29, 0.717) is 30.0 Å². The number of benzene rings is 2. The quantitative estimate of drug-likeness (QED) is 0.382. The number of pyridine rings is 1. The second kappa shape index (κ2) is 10.4. The molecular formula is C26H26N6O2. The van der Waals surface area contributed by atoms with Gasteiger partial charge in [0.15, 0.2) is 0 Å². The molecule has 34 heavy (non-hydrogen) atoms. The lowest BCUT2D eigenvalue weighted by atomic mass is 10.1. The molecule has 4 aromatic rings. The zero-order valence-electron chi connectivity index (χ0n) is 19.1. The third kappa shape index (κ3) is 6.07. The number of carbonyl (C=O) groups excluding carboxylic acids is 2. The molecule has 0 atom stereocenters. The SMILES string of the molecule is Cc1cc(C)n(Cc2ccc(C(=O)Nc3cccc(NC(=O)NCc4ccncc4)c3)cc2)n1. The minimum absolute atomic E-state index is 0.225. The van der Waals surface area contributed by atoms with Crippen molar-refractivity contribution < 1.29 is 9.59 Å². The fraction of sp³-hybridized carbons (Fsp3) is 0.154. The van der Waals surface area contributed by atoms with Gasteiger partial charge < -0.3 is 16.0 Å². The van der Waals surface area contributed by atoms with Gasteiger partial charge in [0.05, 0.1) is 12.2 Å². The topological polar surface area (TPSA) is 101 Å². The first-order chi connectivity index (χ1) is 16.5. The normalized spacial score (nSPS) is 10.5. The predicted molar refractivity (Wildman–Crippen MR) is 132 cm³/mol. The number of aromatic nitrogens is 3. The Balaban J connectivity index is 1.32.